The maximum Gasteiger partial charge on any atom is 0.120 e. The third kappa shape index (κ3) is 4.37. The molecule has 1 saturated heterocycles. The summed E-state index contributed by atoms with van der Waals surface area (Å²) in [5, 5.41) is 3.68. The second-order valence-corrected chi connectivity index (χ2v) is 6.63. The van der Waals surface area contributed by atoms with Crippen LogP contribution in [0.1, 0.15) is 52.5 Å². The van der Waals surface area contributed by atoms with Crippen molar-refractivity contribution in [2.45, 2.75) is 71.6 Å². The molecular weight excluding hydrogens is 262 g/mol. The normalized spacial score (nSPS) is 25.9. The van der Waals surface area contributed by atoms with Crippen molar-refractivity contribution in [2.75, 3.05) is 11.9 Å². The zero-order chi connectivity index (χ0) is 15.5. The van der Waals surface area contributed by atoms with Crippen LogP contribution in [0, 0.1) is 6.92 Å². The van der Waals surface area contributed by atoms with Crippen molar-refractivity contribution in [2.24, 2.45) is 0 Å². The molecule has 3 heteroatoms. The lowest BCUT2D eigenvalue weighted by molar-refractivity contribution is -0.0708. The summed E-state index contributed by atoms with van der Waals surface area (Å²) in [6, 6.07) is 6.78. The predicted octanol–water partition coefficient (Wildman–Crippen LogP) is 4.54. The molecule has 0 radical (unpaired) electrons. The van der Waals surface area contributed by atoms with Crippen molar-refractivity contribution in [3.05, 3.63) is 23.8 Å². The van der Waals surface area contributed by atoms with Crippen LogP contribution in [0.4, 0.5) is 5.69 Å². The van der Waals surface area contributed by atoms with Gasteiger partial charge in [-0.1, -0.05) is 6.92 Å². The molecule has 1 aliphatic heterocycles. The summed E-state index contributed by atoms with van der Waals surface area (Å²) >= 11 is 0. The fourth-order valence-electron chi connectivity index (χ4n) is 2.86. The van der Waals surface area contributed by atoms with Gasteiger partial charge in [0.05, 0.1) is 11.7 Å². The predicted molar refractivity (Wildman–Crippen MR) is 88.2 cm³/mol. The molecule has 2 rings (SSSR count). The van der Waals surface area contributed by atoms with Crippen LogP contribution in [0.5, 0.6) is 5.75 Å². The summed E-state index contributed by atoms with van der Waals surface area (Å²) < 4.78 is 11.7. The van der Waals surface area contributed by atoms with Gasteiger partial charge in [0.1, 0.15) is 5.75 Å². The lowest BCUT2D eigenvalue weighted by Gasteiger charge is -2.38. The highest BCUT2D eigenvalue weighted by molar-refractivity contribution is 5.54. The van der Waals surface area contributed by atoms with Crippen molar-refractivity contribution in [3.8, 4) is 5.75 Å². The number of aryl methyl sites for hydroxylation is 1. The number of rotatable bonds is 5. The number of hydrogen-bond acceptors (Lipinski definition) is 3. The summed E-state index contributed by atoms with van der Waals surface area (Å²) in [5.41, 5.74) is 2.46. The Labute approximate surface area is 129 Å². The third-order valence-electron chi connectivity index (χ3n) is 4.27. The van der Waals surface area contributed by atoms with Crippen molar-refractivity contribution < 1.29 is 9.47 Å². The Balaban J connectivity index is 2.02. The third-order valence-corrected chi connectivity index (χ3v) is 4.27. The highest BCUT2D eigenvalue weighted by atomic mass is 16.5. The molecule has 2 atom stereocenters. The average molecular weight is 291 g/mol. The van der Waals surface area contributed by atoms with Gasteiger partial charge in [0.25, 0.3) is 0 Å². The SMILES string of the molecule is CCC1(C)CC(Nc2ccc(OC(C)C)cc2C)CCO1. The van der Waals surface area contributed by atoms with E-state index in [1.54, 1.807) is 0 Å². The highest BCUT2D eigenvalue weighted by Gasteiger charge is 2.31. The first-order valence-corrected chi connectivity index (χ1v) is 8.09. The molecule has 1 fully saturated rings. The molecule has 118 valence electrons. The van der Waals surface area contributed by atoms with Crippen molar-refractivity contribution in [1.82, 2.24) is 0 Å². The van der Waals surface area contributed by atoms with Crippen LogP contribution < -0.4 is 10.1 Å². The molecule has 1 aliphatic rings. The van der Waals surface area contributed by atoms with Crippen molar-refractivity contribution >= 4 is 5.69 Å². The highest BCUT2D eigenvalue weighted by Crippen LogP contribution is 2.31. The first-order chi connectivity index (χ1) is 9.92. The number of ether oxygens (including phenoxy) is 2. The fraction of sp³-hybridized carbons (Fsp3) is 0.667. The van der Waals surface area contributed by atoms with E-state index in [0.717, 1.165) is 31.6 Å². The maximum atomic E-state index is 5.92. The molecular formula is C18H29NO2. The lowest BCUT2D eigenvalue weighted by atomic mass is 9.89. The minimum Gasteiger partial charge on any atom is -0.491 e. The van der Waals surface area contributed by atoms with Gasteiger partial charge in [0, 0.05) is 18.3 Å². The molecule has 0 aromatic heterocycles. The van der Waals surface area contributed by atoms with Gasteiger partial charge in [-0.15, -0.1) is 0 Å². The van der Waals surface area contributed by atoms with E-state index in [0.29, 0.717) is 6.04 Å². The van der Waals surface area contributed by atoms with Gasteiger partial charge in [-0.25, -0.2) is 0 Å². The van der Waals surface area contributed by atoms with Gasteiger partial charge in [-0.2, -0.15) is 0 Å². The molecule has 1 aromatic carbocycles. The quantitative estimate of drug-likeness (QED) is 0.864. The number of anilines is 1. The van der Waals surface area contributed by atoms with E-state index < -0.39 is 0 Å². The van der Waals surface area contributed by atoms with Crippen LogP contribution in [0.15, 0.2) is 18.2 Å². The van der Waals surface area contributed by atoms with E-state index in [9.17, 15) is 0 Å². The molecule has 3 nitrogen and oxygen atoms in total. The molecule has 1 N–H and O–H groups in total. The summed E-state index contributed by atoms with van der Waals surface area (Å²) in [5.74, 6) is 0.943. The van der Waals surface area contributed by atoms with Gasteiger partial charge >= 0.3 is 0 Å². The minimum absolute atomic E-state index is 0.0184. The first-order valence-electron chi connectivity index (χ1n) is 8.09. The van der Waals surface area contributed by atoms with Crippen LogP contribution >= 0.6 is 0 Å². The molecule has 0 aliphatic carbocycles. The second-order valence-electron chi connectivity index (χ2n) is 6.63. The Kier molecular flexibility index (Phi) is 5.15. The smallest absolute Gasteiger partial charge is 0.120 e. The van der Waals surface area contributed by atoms with Crippen LogP contribution in [-0.2, 0) is 4.74 Å². The summed E-state index contributed by atoms with van der Waals surface area (Å²) in [6.45, 7) is 11.5. The van der Waals surface area contributed by atoms with E-state index in [-0.39, 0.29) is 11.7 Å². The topological polar surface area (TPSA) is 30.5 Å². The number of benzene rings is 1. The van der Waals surface area contributed by atoms with Crippen molar-refractivity contribution in [3.63, 3.8) is 0 Å². The molecule has 0 saturated carbocycles. The second kappa shape index (κ2) is 6.69. The fourth-order valence-corrected chi connectivity index (χ4v) is 2.86. The Bertz CT molecular complexity index is 472. The largest absolute Gasteiger partial charge is 0.491 e. The monoisotopic (exact) mass is 291 g/mol. The van der Waals surface area contributed by atoms with Crippen LogP contribution in [0.2, 0.25) is 0 Å². The van der Waals surface area contributed by atoms with Gasteiger partial charge < -0.3 is 14.8 Å². The standard InChI is InChI=1S/C18H29NO2/c1-6-18(5)12-15(9-10-20-18)19-17-8-7-16(11-14(17)4)21-13(2)3/h7-8,11,13,15,19H,6,9-10,12H2,1-5H3. The summed E-state index contributed by atoms with van der Waals surface area (Å²) in [4.78, 5) is 0. The molecule has 21 heavy (non-hydrogen) atoms. The summed E-state index contributed by atoms with van der Waals surface area (Å²) in [7, 11) is 0. The van der Waals surface area contributed by atoms with E-state index >= 15 is 0 Å². The Morgan fingerprint density at radius 2 is 2.19 bits per heavy atom. The molecule has 0 spiro atoms. The molecule has 0 bridgehead atoms. The van der Waals surface area contributed by atoms with Crippen LogP contribution in [0.3, 0.4) is 0 Å². The number of hydrogen-bond donors (Lipinski definition) is 1. The van der Waals surface area contributed by atoms with Gasteiger partial charge in [-0.3, -0.25) is 0 Å². The minimum atomic E-state index is 0.0184. The van der Waals surface area contributed by atoms with Gasteiger partial charge in [-0.05, 0) is 70.7 Å². The first kappa shape index (κ1) is 16.2. The van der Waals surface area contributed by atoms with Gasteiger partial charge in [0.2, 0.25) is 0 Å². The van der Waals surface area contributed by atoms with E-state index in [4.69, 9.17) is 9.47 Å². The van der Waals surface area contributed by atoms with E-state index in [2.05, 4.69) is 52.1 Å². The average Bonchev–Trinajstić information content (AvgIpc) is 2.41. The molecule has 0 amide bonds. The maximum absolute atomic E-state index is 5.92. The van der Waals surface area contributed by atoms with E-state index in [1.807, 2.05) is 6.07 Å². The van der Waals surface area contributed by atoms with E-state index in [1.165, 1.54) is 11.3 Å². The Hall–Kier alpha value is -1.22. The zero-order valence-corrected chi connectivity index (χ0v) is 14.0. The molecule has 1 aromatic rings. The Morgan fingerprint density at radius 3 is 2.81 bits per heavy atom. The lowest BCUT2D eigenvalue weighted by Crippen LogP contribution is -2.41. The zero-order valence-electron chi connectivity index (χ0n) is 14.0. The van der Waals surface area contributed by atoms with Gasteiger partial charge in [0.15, 0.2) is 0 Å². The Morgan fingerprint density at radius 1 is 1.43 bits per heavy atom. The van der Waals surface area contributed by atoms with Crippen LogP contribution in [0.25, 0.3) is 0 Å². The summed E-state index contributed by atoms with van der Waals surface area (Å²) in [6.07, 6.45) is 3.40. The van der Waals surface area contributed by atoms with Crippen LogP contribution in [-0.4, -0.2) is 24.4 Å². The molecule has 2 unspecified atom stereocenters. The molecule has 1 heterocycles. The van der Waals surface area contributed by atoms with Crippen molar-refractivity contribution in [1.29, 1.82) is 0 Å². The number of nitrogens with one attached hydrogen (secondary N) is 1.